The molecule has 0 atom stereocenters. The molecule has 3 rings (SSSR count). The molecule has 5 nitrogen and oxygen atoms in total. The van der Waals surface area contributed by atoms with Crippen LogP contribution in [0.25, 0.3) is 0 Å². The Balaban J connectivity index is 1.61. The smallest absolute Gasteiger partial charge is 0.264 e. The van der Waals surface area contributed by atoms with Crippen LogP contribution >= 0.6 is 35.0 Å². The second-order valence-electron chi connectivity index (χ2n) is 7.60. The van der Waals surface area contributed by atoms with Crippen molar-refractivity contribution in [2.75, 3.05) is 23.1 Å². The van der Waals surface area contributed by atoms with Gasteiger partial charge in [0.25, 0.3) is 10.0 Å². The Bertz CT molecular complexity index is 1220. The Hall–Kier alpha value is -2.19. The van der Waals surface area contributed by atoms with Gasteiger partial charge in [0.05, 0.1) is 15.6 Å². The second-order valence-corrected chi connectivity index (χ2v) is 11.4. The standard InChI is InChI=1S/C25H26Cl2N2O3S2/c1-19-8-5-6-9-20(19)18-33-15-7-14-28-25(30)17-29(24-13-12-21(26)16-23(24)27)34(31,32)22-10-3-2-4-11-22/h2-6,8-13,16H,7,14-15,17-18H2,1H3,(H,28,30). The number of nitrogens with one attached hydrogen (secondary N) is 1. The molecule has 0 aromatic heterocycles. The quantitative estimate of drug-likeness (QED) is 0.308. The predicted molar refractivity (Wildman–Crippen MR) is 142 cm³/mol. The van der Waals surface area contributed by atoms with E-state index in [1.807, 2.05) is 12.1 Å². The number of hydrogen-bond acceptors (Lipinski definition) is 4. The molecule has 180 valence electrons. The summed E-state index contributed by atoms with van der Waals surface area (Å²) in [6.45, 7) is 2.15. The first kappa shape index (κ1) is 26.4. The molecule has 0 spiro atoms. The van der Waals surface area contributed by atoms with Crippen LogP contribution in [0.1, 0.15) is 17.5 Å². The summed E-state index contributed by atoms with van der Waals surface area (Å²) in [4.78, 5) is 12.8. The fourth-order valence-corrected chi connectivity index (χ4v) is 6.30. The molecule has 0 saturated heterocycles. The Kier molecular flexibility index (Phi) is 9.71. The van der Waals surface area contributed by atoms with Crippen LogP contribution in [0.2, 0.25) is 10.0 Å². The maximum Gasteiger partial charge on any atom is 0.264 e. The minimum absolute atomic E-state index is 0.0708. The van der Waals surface area contributed by atoms with E-state index in [0.717, 1.165) is 22.2 Å². The predicted octanol–water partition coefficient (Wildman–Crippen LogP) is 5.94. The number of aryl methyl sites for hydroxylation is 1. The van der Waals surface area contributed by atoms with Crippen molar-refractivity contribution in [3.05, 3.63) is 94.0 Å². The molecule has 0 fully saturated rings. The first-order valence-corrected chi connectivity index (χ1v) is 14.1. The SMILES string of the molecule is Cc1ccccc1CSCCCNC(=O)CN(c1ccc(Cl)cc1Cl)S(=O)(=O)c1ccccc1. The van der Waals surface area contributed by atoms with E-state index in [2.05, 4.69) is 24.4 Å². The third kappa shape index (κ3) is 7.15. The highest BCUT2D eigenvalue weighted by Crippen LogP contribution is 2.32. The summed E-state index contributed by atoms with van der Waals surface area (Å²) in [6, 6.07) is 20.7. The number of amides is 1. The van der Waals surface area contributed by atoms with Crippen molar-refractivity contribution in [1.82, 2.24) is 5.32 Å². The van der Waals surface area contributed by atoms with Crippen LogP contribution in [-0.2, 0) is 20.6 Å². The fourth-order valence-electron chi connectivity index (χ4n) is 3.25. The minimum Gasteiger partial charge on any atom is -0.354 e. The van der Waals surface area contributed by atoms with Gasteiger partial charge in [0.1, 0.15) is 6.54 Å². The van der Waals surface area contributed by atoms with E-state index in [4.69, 9.17) is 23.2 Å². The number of halogens is 2. The number of carbonyl (C=O) groups is 1. The van der Waals surface area contributed by atoms with Crippen LogP contribution in [0.3, 0.4) is 0 Å². The molecule has 34 heavy (non-hydrogen) atoms. The van der Waals surface area contributed by atoms with Crippen molar-refractivity contribution in [3.63, 3.8) is 0 Å². The molecule has 9 heteroatoms. The van der Waals surface area contributed by atoms with Crippen LogP contribution in [0, 0.1) is 6.92 Å². The second kappa shape index (κ2) is 12.5. The van der Waals surface area contributed by atoms with Gasteiger partial charge in [-0.25, -0.2) is 8.42 Å². The van der Waals surface area contributed by atoms with E-state index in [0.29, 0.717) is 11.6 Å². The Labute approximate surface area is 215 Å². The number of hydrogen-bond donors (Lipinski definition) is 1. The Morgan fingerprint density at radius 3 is 2.41 bits per heavy atom. The molecule has 0 aliphatic carbocycles. The lowest BCUT2D eigenvalue weighted by Crippen LogP contribution is -2.41. The van der Waals surface area contributed by atoms with Gasteiger partial charge < -0.3 is 5.32 Å². The molecule has 0 aliphatic heterocycles. The molecule has 1 amide bonds. The van der Waals surface area contributed by atoms with Gasteiger partial charge in [-0.3, -0.25) is 9.10 Å². The van der Waals surface area contributed by atoms with E-state index in [9.17, 15) is 13.2 Å². The fraction of sp³-hybridized carbons (Fsp3) is 0.240. The summed E-state index contributed by atoms with van der Waals surface area (Å²) in [5, 5.41) is 3.34. The molecule has 0 radical (unpaired) electrons. The van der Waals surface area contributed by atoms with Crippen molar-refractivity contribution in [2.24, 2.45) is 0 Å². The van der Waals surface area contributed by atoms with E-state index < -0.39 is 22.5 Å². The van der Waals surface area contributed by atoms with Crippen LogP contribution < -0.4 is 9.62 Å². The van der Waals surface area contributed by atoms with Crippen LogP contribution in [0.5, 0.6) is 0 Å². The summed E-state index contributed by atoms with van der Waals surface area (Å²) >= 11 is 14.1. The first-order valence-electron chi connectivity index (χ1n) is 10.7. The third-order valence-corrected chi connectivity index (χ3v) is 8.51. The van der Waals surface area contributed by atoms with Crippen molar-refractivity contribution in [3.8, 4) is 0 Å². The molecule has 1 N–H and O–H groups in total. The zero-order valence-electron chi connectivity index (χ0n) is 18.7. The lowest BCUT2D eigenvalue weighted by atomic mass is 10.1. The zero-order chi connectivity index (χ0) is 24.6. The van der Waals surface area contributed by atoms with Crippen LogP contribution in [0.15, 0.2) is 77.7 Å². The van der Waals surface area contributed by atoms with Crippen molar-refractivity contribution in [2.45, 2.75) is 24.0 Å². The molecule has 3 aromatic carbocycles. The monoisotopic (exact) mass is 536 g/mol. The number of nitrogens with zero attached hydrogens (tertiary/aromatic N) is 1. The molecule has 0 unspecified atom stereocenters. The molecule has 0 heterocycles. The summed E-state index contributed by atoms with van der Waals surface area (Å²) < 4.78 is 27.7. The number of thioether (sulfide) groups is 1. The van der Waals surface area contributed by atoms with Gasteiger partial charge in [0.15, 0.2) is 0 Å². The van der Waals surface area contributed by atoms with Crippen LogP contribution in [0.4, 0.5) is 5.69 Å². The third-order valence-electron chi connectivity index (χ3n) is 5.10. The summed E-state index contributed by atoms with van der Waals surface area (Å²) in [5.41, 5.74) is 2.76. The van der Waals surface area contributed by atoms with Gasteiger partial charge >= 0.3 is 0 Å². The number of sulfonamides is 1. The van der Waals surface area contributed by atoms with Gasteiger partial charge in [-0.1, -0.05) is 65.7 Å². The van der Waals surface area contributed by atoms with Gasteiger partial charge in [-0.2, -0.15) is 11.8 Å². The average Bonchev–Trinajstić information content (AvgIpc) is 2.82. The molecule has 3 aromatic rings. The zero-order valence-corrected chi connectivity index (χ0v) is 21.9. The van der Waals surface area contributed by atoms with Gasteiger partial charge in [0, 0.05) is 17.3 Å². The lowest BCUT2D eigenvalue weighted by Gasteiger charge is -2.25. The first-order chi connectivity index (χ1) is 16.3. The van der Waals surface area contributed by atoms with Gasteiger partial charge in [-0.15, -0.1) is 0 Å². The number of benzene rings is 3. The van der Waals surface area contributed by atoms with E-state index >= 15 is 0 Å². The van der Waals surface area contributed by atoms with Crippen molar-refractivity contribution < 1.29 is 13.2 Å². The highest BCUT2D eigenvalue weighted by atomic mass is 35.5. The van der Waals surface area contributed by atoms with E-state index in [-0.39, 0.29) is 15.6 Å². The topological polar surface area (TPSA) is 66.5 Å². The molecule has 0 bridgehead atoms. The normalized spacial score (nSPS) is 11.3. The number of anilines is 1. The molecule has 0 saturated carbocycles. The van der Waals surface area contributed by atoms with Crippen LogP contribution in [-0.4, -0.2) is 33.2 Å². The maximum atomic E-state index is 13.3. The molecule has 0 aliphatic rings. The summed E-state index contributed by atoms with van der Waals surface area (Å²) in [7, 11) is -4.02. The molecular weight excluding hydrogens is 511 g/mol. The van der Waals surface area contributed by atoms with E-state index in [1.165, 1.54) is 35.4 Å². The number of rotatable bonds is 11. The van der Waals surface area contributed by atoms with E-state index in [1.54, 1.807) is 36.0 Å². The van der Waals surface area contributed by atoms with Crippen molar-refractivity contribution >= 4 is 56.6 Å². The highest BCUT2D eigenvalue weighted by molar-refractivity contribution is 7.98. The van der Waals surface area contributed by atoms with Crippen molar-refractivity contribution in [1.29, 1.82) is 0 Å². The largest absolute Gasteiger partial charge is 0.354 e. The maximum absolute atomic E-state index is 13.3. The summed E-state index contributed by atoms with van der Waals surface area (Å²) in [6.07, 6.45) is 0.773. The van der Waals surface area contributed by atoms with Gasteiger partial charge in [0.2, 0.25) is 5.91 Å². The highest BCUT2D eigenvalue weighted by Gasteiger charge is 2.28. The lowest BCUT2D eigenvalue weighted by molar-refractivity contribution is -0.119. The Morgan fingerprint density at radius 2 is 1.71 bits per heavy atom. The summed E-state index contributed by atoms with van der Waals surface area (Å²) in [5.74, 6) is 1.39. The average molecular weight is 538 g/mol. The minimum atomic E-state index is -4.02. The molecular formula is C25H26Cl2N2O3S2. The van der Waals surface area contributed by atoms with Gasteiger partial charge in [-0.05, 0) is 60.6 Å². The number of carbonyl (C=O) groups excluding carboxylic acids is 1. The Morgan fingerprint density at radius 1 is 1.00 bits per heavy atom.